The third-order valence-electron chi connectivity index (χ3n) is 3.56. The molecule has 0 spiro atoms. The fourth-order valence-corrected chi connectivity index (χ4v) is 2.43. The van der Waals surface area contributed by atoms with E-state index in [4.69, 9.17) is 0 Å². The Morgan fingerprint density at radius 3 is 2.50 bits per heavy atom. The predicted molar refractivity (Wildman–Crippen MR) is 93.9 cm³/mol. The molecule has 4 nitrogen and oxygen atoms in total. The van der Waals surface area contributed by atoms with Gasteiger partial charge in [0.1, 0.15) is 5.82 Å². The number of aryl methyl sites for hydroxylation is 1. The number of nitrogens with zero attached hydrogens (tertiary/aromatic N) is 3. The van der Waals surface area contributed by atoms with Crippen LogP contribution in [0.3, 0.4) is 0 Å². The van der Waals surface area contributed by atoms with Gasteiger partial charge in [0.25, 0.3) is 0 Å². The second kappa shape index (κ2) is 8.37. The molecule has 2 rings (SSSR count). The fourth-order valence-electron chi connectivity index (χ4n) is 2.43. The maximum atomic E-state index is 4.68. The van der Waals surface area contributed by atoms with Crippen molar-refractivity contribution in [2.24, 2.45) is 0 Å². The summed E-state index contributed by atoms with van der Waals surface area (Å²) in [6, 6.07) is 12.4. The highest BCUT2D eigenvalue weighted by molar-refractivity contribution is 5.60. The van der Waals surface area contributed by atoms with Crippen LogP contribution in [0.5, 0.6) is 0 Å². The molecule has 0 unspecified atom stereocenters. The molecule has 0 aliphatic carbocycles. The van der Waals surface area contributed by atoms with Crippen molar-refractivity contribution in [2.75, 3.05) is 23.3 Å². The lowest BCUT2D eigenvalue weighted by Crippen LogP contribution is -2.19. The smallest absolute Gasteiger partial charge is 0.224 e. The Kier molecular flexibility index (Phi) is 6.19. The first kappa shape index (κ1) is 16.3. The van der Waals surface area contributed by atoms with Crippen molar-refractivity contribution in [1.82, 2.24) is 9.97 Å². The van der Waals surface area contributed by atoms with E-state index in [2.05, 4.69) is 58.3 Å². The van der Waals surface area contributed by atoms with Gasteiger partial charge in [-0.2, -0.15) is 4.98 Å². The quantitative estimate of drug-likeness (QED) is 0.726. The van der Waals surface area contributed by atoms with Gasteiger partial charge in [0.05, 0.1) is 0 Å². The van der Waals surface area contributed by atoms with E-state index in [-0.39, 0.29) is 0 Å². The second-order valence-electron chi connectivity index (χ2n) is 5.40. The number of anilines is 3. The van der Waals surface area contributed by atoms with Gasteiger partial charge in [0, 0.05) is 30.5 Å². The van der Waals surface area contributed by atoms with Crippen LogP contribution in [0.25, 0.3) is 0 Å². The molecule has 0 amide bonds. The molecule has 0 saturated heterocycles. The molecular formula is C18H26N4. The van der Waals surface area contributed by atoms with Crippen LogP contribution in [0.4, 0.5) is 17.5 Å². The van der Waals surface area contributed by atoms with Crippen LogP contribution in [-0.4, -0.2) is 23.1 Å². The van der Waals surface area contributed by atoms with Crippen LogP contribution < -0.4 is 10.2 Å². The highest BCUT2D eigenvalue weighted by Gasteiger charge is 2.10. The summed E-state index contributed by atoms with van der Waals surface area (Å²) in [5.41, 5.74) is 2.14. The predicted octanol–water partition coefficient (Wildman–Crippen LogP) is 4.55. The minimum absolute atomic E-state index is 0.723. The number of hydrogen-bond donors (Lipinski definition) is 1. The van der Waals surface area contributed by atoms with E-state index in [1.807, 2.05) is 19.1 Å². The molecule has 1 heterocycles. The number of rotatable bonds is 8. The zero-order valence-corrected chi connectivity index (χ0v) is 13.8. The average Bonchev–Trinajstić information content (AvgIpc) is 2.53. The third kappa shape index (κ3) is 4.45. The van der Waals surface area contributed by atoms with Gasteiger partial charge in [-0.3, -0.25) is 0 Å². The summed E-state index contributed by atoms with van der Waals surface area (Å²) in [6.45, 7) is 8.16. The molecule has 1 aromatic heterocycles. The standard InChI is InChI=1S/C18H26N4/c1-4-6-10-13-19-18-20-15(3)14-17(21-18)22(5-2)16-11-8-7-9-12-16/h7-9,11-12,14H,4-6,10,13H2,1-3H3,(H,19,20,21). The molecule has 0 aliphatic heterocycles. The summed E-state index contributed by atoms with van der Waals surface area (Å²) in [4.78, 5) is 11.4. The fraction of sp³-hybridized carbons (Fsp3) is 0.444. The van der Waals surface area contributed by atoms with Crippen LogP contribution in [-0.2, 0) is 0 Å². The zero-order chi connectivity index (χ0) is 15.8. The van der Waals surface area contributed by atoms with Gasteiger partial charge in [-0.15, -0.1) is 0 Å². The van der Waals surface area contributed by atoms with Crippen molar-refractivity contribution >= 4 is 17.5 Å². The number of hydrogen-bond acceptors (Lipinski definition) is 4. The first-order valence-corrected chi connectivity index (χ1v) is 8.16. The minimum Gasteiger partial charge on any atom is -0.354 e. The molecule has 0 aliphatic rings. The molecular weight excluding hydrogens is 272 g/mol. The molecule has 0 atom stereocenters. The molecule has 22 heavy (non-hydrogen) atoms. The summed E-state index contributed by atoms with van der Waals surface area (Å²) in [7, 11) is 0. The molecule has 0 bridgehead atoms. The molecule has 0 radical (unpaired) electrons. The Bertz CT molecular complexity index is 569. The van der Waals surface area contributed by atoms with Crippen molar-refractivity contribution in [3.05, 3.63) is 42.1 Å². The number of unbranched alkanes of at least 4 members (excludes halogenated alkanes) is 2. The Morgan fingerprint density at radius 2 is 1.82 bits per heavy atom. The maximum Gasteiger partial charge on any atom is 0.224 e. The van der Waals surface area contributed by atoms with Gasteiger partial charge in [-0.25, -0.2) is 4.98 Å². The maximum absolute atomic E-state index is 4.68. The Balaban J connectivity index is 2.17. The second-order valence-corrected chi connectivity index (χ2v) is 5.40. The SMILES string of the molecule is CCCCCNc1nc(C)cc(N(CC)c2ccccc2)n1. The van der Waals surface area contributed by atoms with Gasteiger partial charge in [-0.05, 0) is 32.4 Å². The molecule has 118 valence electrons. The first-order valence-electron chi connectivity index (χ1n) is 8.16. The van der Waals surface area contributed by atoms with E-state index in [0.717, 1.165) is 42.7 Å². The zero-order valence-electron chi connectivity index (χ0n) is 13.8. The van der Waals surface area contributed by atoms with Crippen LogP contribution in [0.1, 0.15) is 38.8 Å². The summed E-state index contributed by atoms with van der Waals surface area (Å²) in [6.07, 6.45) is 3.61. The largest absolute Gasteiger partial charge is 0.354 e. The number of aromatic nitrogens is 2. The van der Waals surface area contributed by atoms with E-state index < -0.39 is 0 Å². The number of nitrogens with one attached hydrogen (secondary N) is 1. The van der Waals surface area contributed by atoms with E-state index in [1.165, 1.54) is 12.8 Å². The van der Waals surface area contributed by atoms with Crippen molar-refractivity contribution in [1.29, 1.82) is 0 Å². The summed E-state index contributed by atoms with van der Waals surface area (Å²) >= 11 is 0. The summed E-state index contributed by atoms with van der Waals surface area (Å²) in [5.74, 6) is 1.67. The van der Waals surface area contributed by atoms with Gasteiger partial charge in [0.15, 0.2) is 0 Å². The van der Waals surface area contributed by atoms with E-state index in [0.29, 0.717) is 0 Å². The van der Waals surface area contributed by atoms with Crippen LogP contribution >= 0.6 is 0 Å². The van der Waals surface area contributed by atoms with E-state index >= 15 is 0 Å². The lowest BCUT2D eigenvalue weighted by atomic mass is 10.2. The van der Waals surface area contributed by atoms with E-state index in [1.54, 1.807) is 0 Å². The van der Waals surface area contributed by atoms with Crippen LogP contribution in [0.15, 0.2) is 36.4 Å². The van der Waals surface area contributed by atoms with Gasteiger partial charge < -0.3 is 10.2 Å². The Hall–Kier alpha value is -2.10. The van der Waals surface area contributed by atoms with Crippen molar-refractivity contribution < 1.29 is 0 Å². The first-order chi connectivity index (χ1) is 10.7. The van der Waals surface area contributed by atoms with E-state index in [9.17, 15) is 0 Å². The molecule has 1 N–H and O–H groups in total. The lowest BCUT2D eigenvalue weighted by molar-refractivity contribution is 0.740. The normalized spacial score (nSPS) is 10.5. The van der Waals surface area contributed by atoms with Crippen molar-refractivity contribution in [3.63, 3.8) is 0 Å². The molecule has 2 aromatic rings. The number of para-hydroxylation sites is 1. The van der Waals surface area contributed by atoms with Gasteiger partial charge >= 0.3 is 0 Å². The minimum atomic E-state index is 0.723. The topological polar surface area (TPSA) is 41.1 Å². The van der Waals surface area contributed by atoms with Gasteiger partial charge in [-0.1, -0.05) is 38.0 Å². The third-order valence-corrected chi connectivity index (χ3v) is 3.56. The molecule has 0 fully saturated rings. The van der Waals surface area contributed by atoms with Crippen LogP contribution in [0, 0.1) is 6.92 Å². The number of benzene rings is 1. The molecule has 0 saturated carbocycles. The van der Waals surface area contributed by atoms with Crippen LogP contribution in [0.2, 0.25) is 0 Å². The van der Waals surface area contributed by atoms with Gasteiger partial charge in [0.2, 0.25) is 5.95 Å². The van der Waals surface area contributed by atoms with Crippen molar-refractivity contribution in [2.45, 2.75) is 40.0 Å². The summed E-state index contributed by atoms with van der Waals surface area (Å²) < 4.78 is 0. The highest BCUT2D eigenvalue weighted by Crippen LogP contribution is 2.24. The average molecular weight is 298 g/mol. The lowest BCUT2D eigenvalue weighted by Gasteiger charge is -2.23. The monoisotopic (exact) mass is 298 g/mol. The Labute approximate surface area is 133 Å². The summed E-state index contributed by atoms with van der Waals surface area (Å²) in [5, 5.41) is 3.34. The molecule has 1 aromatic carbocycles. The van der Waals surface area contributed by atoms with Crippen molar-refractivity contribution in [3.8, 4) is 0 Å². The highest BCUT2D eigenvalue weighted by atomic mass is 15.2. The molecule has 4 heteroatoms. The Morgan fingerprint density at radius 1 is 1.05 bits per heavy atom.